The zero-order valence-electron chi connectivity index (χ0n) is 22.8. The summed E-state index contributed by atoms with van der Waals surface area (Å²) in [4.78, 5) is 20.3. The Labute approximate surface area is 219 Å². The average Bonchev–Trinajstić information content (AvgIpc) is 3.36. The summed E-state index contributed by atoms with van der Waals surface area (Å²) in [6, 6.07) is 5.60. The summed E-state index contributed by atoms with van der Waals surface area (Å²) >= 11 is 0. The Balaban J connectivity index is 1.73. The molecule has 9 nitrogen and oxygen atoms in total. The number of fused-ring (bicyclic) bond motifs is 1. The van der Waals surface area contributed by atoms with Crippen molar-refractivity contribution in [3.8, 4) is 0 Å². The maximum atomic E-state index is 13.7. The summed E-state index contributed by atoms with van der Waals surface area (Å²) < 4.78 is 41.6. The van der Waals surface area contributed by atoms with Crippen LogP contribution in [0.15, 0.2) is 23.1 Å². The fourth-order valence-electron chi connectivity index (χ4n) is 5.06. The third-order valence-electron chi connectivity index (χ3n) is 7.01. The lowest BCUT2D eigenvalue weighted by atomic mass is 9.94. The Morgan fingerprint density at radius 2 is 1.92 bits per heavy atom. The number of ether oxygens (including phenoxy) is 2. The number of rotatable bonds is 7. The van der Waals surface area contributed by atoms with E-state index in [1.807, 2.05) is 18.2 Å². The van der Waals surface area contributed by atoms with Gasteiger partial charge < -0.3 is 19.0 Å². The van der Waals surface area contributed by atoms with Gasteiger partial charge in [-0.05, 0) is 57.7 Å². The molecule has 0 aliphatic carbocycles. The molecule has 3 heterocycles. The highest BCUT2D eigenvalue weighted by molar-refractivity contribution is 7.93. The first-order valence-electron chi connectivity index (χ1n) is 12.8. The van der Waals surface area contributed by atoms with Crippen molar-refractivity contribution >= 4 is 32.7 Å². The standard InChI is InChI=1S/C27H38N4O5S/c1-8-36-25(32)23-17(2)24(18(3)28-23)37(33,34)30(7)20-9-10-22-21(15-20)29-26(27(4,5)6)31(22)16-19-11-13-35-14-12-19/h9-10,15,19,28H,8,11-14,16H2,1-7H3. The molecular formula is C27H38N4O5S. The summed E-state index contributed by atoms with van der Waals surface area (Å²) in [6.45, 7) is 14.0. The number of imidazole rings is 1. The molecular weight excluding hydrogens is 492 g/mol. The number of carbonyl (C=O) groups excluding carboxylic acids is 1. The molecule has 0 atom stereocenters. The van der Waals surface area contributed by atoms with Crippen molar-refractivity contribution < 1.29 is 22.7 Å². The average molecular weight is 531 g/mol. The molecule has 1 fully saturated rings. The van der Waals surface area contributed by atoms with Gasteiger partial charge in [0.1, 0.15) is 16.4 Å². The third kappa shape index (κ3) is 5.13. The number of sulfonamides is 1. The van der Waals surface area contributed by atoms with Crippen molar-refractivity contribution in [3.05, 3.63) is 41.0 Å². The predicted octanol–water partition coefficient (Wildman–Crippen LogP) is 4.71. The van der Waals surface area contributed by atoms with Gasteiger partial charge in [-0.15, -0.1) is 0 Å². The fraction of sp³-hybridized carbons (Fsp3) is 0.556. The van der Waals surface area contributed by atoms with E-state index in [4.69, 9.17) is 14.5 Å². The summed E-state index contributed by atoms with van der Waals surface area (Å²) in [7, 11) is -2.43. The fourth-order valence-corrected chi connectivity index (χ4v) is 6.65. The zero-order chi connectivity index (χ0) is 27.1. The highest BCUT2D eigenvalue weighted by Crippen LogP contribution is 2.33. The number of carbonyl (C=O) groups is 1. The van der Waals surface area contributed by atoms with Gasteiger partial charge in [0.15, 0.2) is 0 Å². The van der Waals surface area contributed by atoms with E-state index in [1.165, 1.54) is 11.4 Å². The Bertz CT molecular complexity index is 1410. The first-order valence-corrected chi connectivity index (χ1v) is 14.2. The Kier molecular flexibility index (Phi) is 7.45. The second-order valence-electron chi connectivity index (χ2n) is 10.8. The first-order chi connectivity index (χ1) is 17.4. The summed E-state index contributed by atoms with van der Waals surface area (Å²) in [5.74, 6) is 0.926. The maximum Gasteiger partial charge on any atom is 0.355 e. The van der Waals surface area contributed by atoms with Crippen LogP contribution in [0.25, 0.3) is 11.0 Å². The highest BCUT2D eigenvalue weighted by Gasteiger charge is 2.31. The second kappa shape index (κ2) is 10.1. The number of benzene rings is 1. The summed E-state index contributed by atoms with van der Waals surface area (Å²) in [5.41, 5.74) is 2.97. The quantitative estimate of drug-likeness (QED) is 0.444. The first kappa shape index (κ1) is 27.2. The van der Waals surface area contributed by atoms with Crippen LogP contribution in [0, 0.1) is 19.8 Å². The molecule has 0 spiro atoms. The lowest BCUT2D eigenvalue weighted by Crippen LogP contribution is -2.27. The van der Waals surface area contributed by atoms with Crippen molar-refractivity contribution in [2.24, 2.45) is 5.92 Å². The Morgan fingerprint density at radius 3 is 2.54 bits per heavy atom. The number of hydrogen-bond donors (Lipinski definition) is 1. The van der Waals surface area contributed by atoms with E-state index in [-0.39, 0.29) is 22.6 Å². The van der Waals surface area contributed by atoms with Crippen molar-refractivity contribution in [1.29, 1.82) is 0 Å². The molecule has 0 saturated carbocycles. The minimum absolute atomic E-state index is 0.0820. The van der Waals surface area contributed by atoms with E-state index in [0.717, 1.165) is 49.5 Å². The van der Waals surface area contributed by atoms with Crippen LogP contribution in [0.1, 0.15) is 68.1 Å². The van der Waals surface area contributed by atoms with Gasteiger partial charge in [0, 0.05) is 43.5 Å². The van der Waals surface area contributed by atoms with Crippen LogP contribution in [-0.2, 0) is 31.5 Å². The number of nitrogens with one attached hydrogen (secondary N) is 1. The number of esters is 1. The number of hydrogen-bond acceptors (Lipinski definition) is 6. The molecule has 202 valence electrons. The zero-order valence-corrected chi connectivity index (χ0v) is 23.7. The molecule has 1 aromatic carbocycles. The van der Waals surface area contributed by atoms with Gasteiger partial charge in [0.2, 0.25) is 0 Å². The van der Waals surface area contributed by atoms with Gasteiger partial charge in [-0.25, -0.2) is 18.2 Å². The Morgan fingerprint density at radius 1 is 1.24 bits per heavy atom. The molecule has 37 heavy (non-hydrogen) atoms. The van der Waals surface area contributed by atoms with Crippen LogP contribution in [0.5, 0.6) is 0 Å². The van der Waals surface area contributed by atoms with E-state index < -0.39 is 16.0 Å². The van der Waals surface area contributed by atoms with Crippen molar-refractivity contribution in [2.75, 3.05) is 31.2 Å². The smallest absolute Gasteiger partial charge is 0.355 e. The minimum Gasteiger partial charge on any atom is -0.461 e. The van der Waals surface area contributed by atoms with Gasteiger partial charge in [0.25, 0.3) is 10.0 Å². The van der Waals surface area contributed by atoms with E-state index in [0.29, 0.717) is 22.9 Å². The summed E-state index contributed by atoms with van der Waals surface area (Å²) in [6.07, 6.45) is 2.04. The maximum absolute atomic E-state index is 13.7. The topological polar surface area (TPSA) is 107 Å². The predicted molar refractivity (Wildman–Crippen MR) is 144 cm³/mol. The Hall–Kier alpha value is -2.85. The lowest BCUT2D eigenvalue weighted by Gasteiger charge is -2.26. The van der Waals surface area contributed by atoms with Crippen molar-refractivity contribution in [1.82, 2.24) is 14.5 Å². The molecule has 3 aromatic rings. The van der Waals surface area contributed by atoms with Gasteiger partial charge >= 0.3 is 5.97 Å². The largest absolute Gasteiger partial charge is 0.461 e. The van der Waals surface area contributed by atoms with Gasteiger partial charge in [-0.1, -0.05) is 20.8 Å². The van der Waals surface area contributed by atoms with E-state index >= 15 is 0 Å². The SMILES string of the molecule is CCOC(=O)c1[nH]c(C)c(S(=O)(=O)N(C)c2ccc3c(c2)nc(C(C)(C)C)n3CC2CCOCC2)c1C. The molecule has 10 heteroatoms. The van der Waals surface area contributed by atoms with Crippen LogP contribution in [0.4, 0.5) is 5.69 Å². The molecule has 0 amide bonds. The molecule has 0 bridgehead atoms. The van der Waals surface area contributed by atoms with Crippen LogP contribution < -0.4 is 4.31 Å². The molecule has 1 saturated heterocycles. The van der Waals surface area contributed by atoms with Gasteiger partial charge in [-0.3, -0.25) is 4.31 Å². The molecule has 1 aliphatic heterocycles. The van der Waals surface area contributed by atoms with Crippen LogP contribution >= 0.6 is 0 Å². The van der Waals surface area contributed by atoms with Gasteiger partial charge in [-0.2, -0.15) is 0 Å². The molecule has 1 N–H and O–H groups in total. The number of aromatic nitrogens is 3. The molecule has 0 radical (unpaired) electrons. The number of anilines is 1. The van der Waals surface area contributed by atoms with E-state index in [2.05, 4.69) is 30.3 Å². The summed E-state index contributed by atoms with van der Waals surface area (Å²) in [5, 5.41) is 0. The van der Waals surface area contributed by atoms with Crippen molar-refractivity contribution in [2.45, 2.75) is 71.2 Å². The van der Waals surface area contributed by atoms with Crippen LogP contribution in [0.2, 0.25) is 0 Å². The van der Waals surface area contributed by atoms with E-state index in [9.17, 15) is 13.2 Å². The number of H-pyrrole nitrogens is 1. The molecule has 0 unspecified atom stereocenters. The number of nitrogens with zero attached hydrogens (tertiary/aromatic N) is 3. The van der Waals surface area contributed by atoms with E-state index in [1.54, 1.807) is 20.8 Å². The third-order valence-corrected chi connectivity index (χ3v) is 9.07. The monoisotopic (exact) mass is 530 g/mol. The van der Waals surface area contributed by atoms with Crippen LogP contribution in [0.3, 0.4) is 0 Å². The van der Waals surface area contributed by atoms with Gasteiger partial charge in [0.05, 0.1) is 23.3 Å². The highest BCUT2D eigenvalue weighted by atomic mass is 32.2. The lowest BCUT2D eigenvalue weighted by molar-refractivity contribution is 0.0519. The van der Waals surface area contributed by atoms with Crippen LogP contribution in [-0.4, -0.2) is 55.8 Å². The molecule has 2 aromatic heterocycles. The number of aryl methyl sites for hydroxylation is 1. The van der Waals surface area contributed by atoms with Crippen molar-refractivity contribution in [3.63, 3.8) is 0 Å². The molecule has 1 aliphatic rings. The second-order valence-corrected chi connectivity index (χ2v) is 12.7. The minimum atomic E-state index is -3.96. The molecule has 4 rings (SSSR count). The normalized spacial score (nSPS) is 15.3. The number of aromatic amines is 1.